The molecule has 0 aliphatic carbocycles. The zero-order valence-corrected chi connectivity index (χ0v) is 8.90. The van der Waals surface area contributed by atoms with Crippen molar-refractivity contribution in [2.24, 2.45) is 0 Å². The first-order chi connectivity index (χ1) is 7.22. The predicted molar refractivity (Wildman–Crippen MR) is 56.5 cm³/mol. The number of aryl methyl sites for hydroxylation is 2. The second-order valence-electron chi connectivity index (χ2n) is 3.21. The van der Waals surface area contributed by atoms with Crippen molar-refractivity contribution in [1.82, 2.24) is 15.1 Å². The van der Waals surface area contributed by atoms with E-state index in [9.17, 15) is 0 Å². The van der Waals surface area contributed by atoms with Crippen LogP contribution in [0.15, 0.2) is 16.8 Å². The van der Waals surface area contributed by atoms with Crippen molar-refractivity contribution in [2.45, 2.75) is 13.8 Å². The number of anilines is 1. The summed E-state index contributed by atoms with van der Waals surface area (Å²) in [6.07, 6.45) is 1.71. The molecule has 5 heteroatoms. The fourth-order valence-corrected chi connectivity index (χ4v) is 1.42. The van der Waals surface area contributed by atoms with Crippen molar-refractivity contribution >= 4 is 5.82 Å². The maximum absolute atomic E-state index is 5.07. The molecular weight excluding hydrogens is 192 g/mol. The van der Waals surface area contributed by atoms with E-state index < -0.39 is 0 Å². The van der Waals surface area contributed by atoms with E-state index in [4.69, 9.17) is 4.52 Å². The van der Waals surface area contributed by atoms with E-state index in [0.29, 0.717) is 5.82 Å². The highest BCUT2D eigenvalue weighted by Gasteiger charge is 2.13. The first-order valence-electron chi connectivity index (χ1n) is 4.66. The Kier molecular flexibility index (Phi) is 2.37. The van der Waals surface area contributed by atoms with Crippen LogP contribution in [0.3, 0.4) is 0 Å². The lowest BCUT2D eigenvalue weighted by molar-refractivity contribution is 0.393. The van der Waals surface area contributed by atoms with Gasteiger partial charge in [0.1, 0.15) is 11.6 Å². The van der Waals surface area contributed by atoms with Gasteiger partial charge in [-0.2, -0.15) is 0 Å². The smallest absolute Gasteiger partial charge is 0.166 e. The van der Waals surface area contributed by atoms with Gasteiger partial charge in [0.2, 0.25) is 0 Å². The highest BCUT2D eigenvalue weighted by Crippen LogP contribution is 2.23. The molecule has 0 saturated carbocycles. The Labute approximate surface area is 87.5 Å². The largest absolute Gasteiger partial charge is 0.373 e. The number of rotatable bonds is 2. The summed E-state index contributed by atoms with van der Waals surface area (Å²) in [5.74, 6) is 2.15. The first-order valence-corrected chi connectivity index (χ1v) is 4.66. The molecule has 0 spiro atoms. The Morgan fingerprint density at radius 1 is 1.33 bits per heavy atom. The van der Waals surface area contributed by atoms with E-state index >= 15 is 0 Å². The summed E-state index contributed by atoms with van der Waals surface area (Å²) in [4.78, 5) is 8.53. The molecule has 0 amide bonds. The molecule has 0 saturated heterocycles. The lowest BCUT2D eigenvalue weighted by Gasteiger charge is -2.01. The van der Waals surface area contributed by atoms with Crippen LogP contribution in [0.25, 0.3) is 11.4 Å². The van der Waals surface area contributed by atoms with Crippen molar-refractivity contribution in [1.29, 1.82) is 0 Å². The van der Waals surface area contributed by atoms with Gasteiger partial charge in [-0.1, -0.05) is 5.16 Å². The van der Waals surface area contributed by atoms with E-state index in [0.717, 1.165) is 22.8 Å². The van der Waals surface area contributed by atoms with Crippen LogP contribution in [0.2, 0.25) is 0 Å². The van der Waals surface area contributed by atoms with Crippen LogP contribution in [0, 0.1) is 13.8 Å². The highest BCUT2D eigenvalue weighted by atomic mass is 16.5. The van der Waals surface area contributed by atoms with E-state index in [1.165, 1.54) is 0 Å². The maximum Gasteiger partial charge on any atom is 0.166 e. The second-order valence-corrected chi connectivity index (χ2v) is 3.21. The molecule has 0 fully saturated rings. The minimum atomic E-state index is 0.637. The monoisotopic (exact) mass is 204 g/mol. The van der Waals surface area contributed by atoms with Gasteiger partial charge in [-0.3, -0.25) is 0 Å². The molecule has 2 heterocycles. The number of nitrogens with zero attached hydrogens (tertiary/aromatic N) is 3. The Hall–Kier alpha value is -1.91. The van der Waals surface area contributed by atoms with E-state index in [-0.39, 0.29) is 0 Å². The van der Waals surface area contributed by atoms with Crippen LogP contribution < -0.4 is 5.32 Å². The first kappa shape index (κ1) is 9.64. The lowest BCUT2D eigenvalue weighted by atomic mass is 10.2. The lowest BCUT2D eigenvalue weighted by Crippen LogP contribution is -1.96. The molecule has 2 aromatic rings. The van der Waals surface area contributed by atoms with Crippen LogP contribution in [-0.4, -0.2) is 22.2 Å². The van der Waals surface area contributed by atoms with Gasteiger partial charge in [0.25, 0.3) is 0 Å². The fraction of sp³-hybridized carbons (Fsp3) is 0.300. The zero-order valence-electron chi connectivity index (χ0n) is 8.90. The molecule has 0 unspecified atom stereocenters. The standard InChI is InChI=1S/C10H12N4O/c1-6-9(7(2)15-14-6)10-12-5-4-8(11-3)13-10/h4-5H,1-3H3,(H,11,12,13). The highest BCUT2D eigenvalue weighted by molar-refractivity contribution is 5.61. The Morgan fingerprint density at radius 2 is 2.13 bits per heavy atom. The molecule has 0 radical (unpaired) electrons. The van der Waals surface area contributed by atoms with Gasteiger partial charge in [-0.15, -0.1) is 0 Å². The van der Waals surface area contributed by atoms with Gasteiger partial charge in [-0.05, 0) is 19.9 Å². The Morgan fingerprint density at radius 3 is 2.73 bits per heavy atom. The number of aromatic nitrogens is 3. The summed E-state index contributed by atoms with van der Waals surface area (Å²) in [5, 5.41) is 6.84. The van der Waals surface area contributed by atoms with E-state index in [2.05, 4.69) is 20.4 Å². The van der Waals surface area contributed by atoms with Crippen LogP contribution in [0.1, 0.15) is 11.5 Å². The Balaban J connectivity index is 2.53. The topological polar surface area (TPSA) is 63.8 Å². The van der Waals surface area contributed by atoms with Crippen molar-refractivity contribution in [2.75, 3.05) is 12.4 Å². The third-order valence-corrected chi connectivity index (χ3v) is 2.17. The molecule has 5 nitrogen and oxygen atoms in total. The molecule has 0 bridgehead atoms. The van der Waals surface area contributed by atoms with Gasteiger partial charge >= 0.3 is 0 Å². The van der Waals surface area contributed by atoms with Gasteiger partial charge in [0.15, 0.2) is 5.82 Å². The van der Waals surface area contributed by atoms with Crippen LogP contribution in [0.4, 0.5) is 5.82 Å². The summed E-state index contributed by atoms with van der Waals surface area (Å²) in [7, 11) is 1.82. The van der Waals surface area contributed by atoms with Crippen molar-refractivity contribution in [3.63, 3.8) is 0 Å². The average Bonchev–Trinajstić information content (AvgIpc) is 2.59. The SMILES string of the molecule is CNc1ccnc(-c2c(C)noc2C)n1. The maximum atomic E-state index is 5.07. The molecule has 1 N–H and O–H groups in total. The van der Waals surface area contributed by atoms with E-state index in [1.54, 1.807) is 6.20 Å². The van der Waals surface area contributed by atoms with Crippen LogP contribution in [-0.2, 0) is 0 Å². The normalized spacial score (nSPS) is 10.3. The quantitative estimate of drug-likeness (QED) is 0.807. The molecule has 0 aromatic carbocycles. The van der Waals surface area contributed by atoms with Gasteiger partial charge < -0.3 is 9.84 Å². The molecular formula is C10H12N4O. The third-order valence-electron chi connectivity index (χ3n) is 2.17. The number of nitrogens with one attached hydrogen (secondary N) is 1. The summed E-state index contributed by atoms with van der Waals surface area (Å²) < 4.78 is 5.07. The average molecular weight is 204 g/mol. The number of hydrogen-bond donors (Lipinski definition) is 1. The van der Waals surface area contributed by atoms with Crippen molar-refractivity contribution < 1.29 is 4.52 Å². The minimum absolute atomic E-state index is 0.637. The predicted octanol–water partition coefficient (Wildman–Crippen LogP) is 1.79. The molecule has 0 atom stereocenters. The van der Waals surface area contributed by atoms with Gasteiger partial charge in [0.05, 0.1) is 11.3 Å². The molecule has 0 aliphatic heterocycles. The molecule has 2 aromatic heterocycles. The molecule has 2 rings (SSSR count). The summed E-state index contributed by atoms with van der Waals surface area (Å²) in [6, 6.07) is 1.81. The van der Waals surface area contributed by atoms with Crippen molar-refractivity contribution in [3.05, 3.63) is 23.7 Å². The fourth-order valence-electron chi connectivity index (χ4n) is 1.42. The Bertz CT molecular complexity index is 459. The van der Waals surface area contributed by atoms with Gasteiger partial charge in [-0.25, -0.2) is 9.97 Å². The summed E-state index contributed by atoms with van der Waals surface area (Å²) in [5.41, 5.74) is 1.67. The van der Waals surface area contributed by atoms with Crippen molar-refractivity contribution in [3.8, 4) is 11.4 Å². The molecule has 78 valence electrons. The summed E-state index contributed by atoms with van der Waals surface area (Å²) in [6.45, 7) is 3.73. The van der Waals surface area contributed by atoms with Crippen LogP contribution >= 0.6 is 0 Å². The second kappa shape index (κ2) is 3.68. The number of hydrogen-bond acceptors (Lipinski definition) is 5. The minimum Gasteiger partial charge on any atom is -0.373 e. The molecule has 0 aliphatic rings. The van der Waals surface area contributed by atoms with Gasteiger partial charge in [0, 0.05) is 13.2 Å². The van der Waals surface area contributed by atoms with Crippen LogP contribution in [0.5, 0.6) is 0 Å². The third kappa shape index (κ3) is 1.68. The zero-order chi connectivity index (χ0) is 10.8. The van der Waals surface area contributed by atoms with E-state index in [1.807, 2.05) is 27.0 Å². The molecule has 15 heavy (non-hydrogen) atoms. The summed E-state index contributed by atoms with van der Waals surface area (Å²) >= 11 is 0.